The average molecular weight is 298 g/mol. The second-order valence-electron chi connectivity index (χ2n) is 4.26. The predicted octanol–water partition coefficient (Wildman–Crippen LogP) is 4.24. The summed E-state index contributed by atoms with van der Waals surface area (Å²) in [7, 11) is 0. The molecule has 21 heavy (non-hydrogen) atoms. The third kappa shape index (κ3) is 3.59. The summed E-state index contributed by atoms with van der Waals surface area (Å²) in [6, 6.07) is 8.46. The third-order valence-electron chi connectivity index (χ3n) is 2.80. The van der Waals surface area contributed by atoms with Crippen molar-refractivity contribution in [3.8, 4) is 5.75 Å². The lowest BCUT2D eigenvalue weighted by molar-refractivity contribution is -0.137. The highest BCUT2D eigenvalue weighted by molar-refractivity contribution is 5.76. The lowest BCUT2D eigenvalue weighted by Gasteiger charge is -2.10. The molecular formula is C15H10F4O2. The Balaban J connectivity index is 2.08. The molecular weight excluding hydrogens is 288 g/mol. The van der Waals surface area contributed by atoms with Crippen molar-refractivity contribution >= 4 is 6.29 Å². The van der Waals surface area contributed by atoms with E-state index < -0.39 is 17.6 Å². The van der Waals surface area contributed by atoms with Gasteiger partial charge >= 0.3 is 6.18 Å². The first-order valence-corrected chi connectivity index (χ1v) is 5.94. The Morgan fingerprint density at radius 2 is 1.71 bits per heavy atom. The first-order chi connectivity index (χ1) is 9.91. The minimum Gasteiger partial charge on any atom is -0.486 e. The van der Waals surface area contributed by atoms with Crippen LogP contribution >= 0.6 is 0 Å². The molecule has 0 aliphatic rings. The number of aldehydes is 1. The van der Waals surface area contributed by atoms with Crippen molar-refractivity contribution in [3.63, 3.8) is 0 Å². The van der Waals surface area contributed by atoms with Crippen molar-refractivity contribution in [1.29, 1.82) is 0 Å². The quantitative estimate of drug-likeness (QED) is 0.623. The molecule has 0 spiro atoms. The summed E-state index contributed by atoms with van der Waals surface area (Å²) in [5, 5.41) is 0. The zero-order valence-corrected chi connectivity index (χ0v) is 10.7. The normalized spacial score (nSPS) is 11.2. The predicted molar refractivity (Wildman–Crippen MR) is 67.6 cm³/mol. The van der Waals surface area contributed by atoms with Gasteiger partial charge in [0.1, 0.15) is 6.61 Å². The van der Waals surface area contributed by atoms with Gasteiger partial charge in [-0.15, -0.1) is 0 Å². The highest BCUT2D eigenvalue weighted by Crippen LogP contribution is 2.29. The number of ether oxygens (including phenoxy) is 1. The molecule has 2 aromatic rings. The van der Waals surface area contributed by atoms with E-state index in [1.807, 2.05) is 0 Å². The van der Waals surface area contributed by atoms with Crippen molar-refractivity contribution in [2.24, 2.45) is 0 Å². The van der Waals surface area contributed by atoms with Gasteiger partial charge < -0.3 is 4.74 Å². The minimum absolute atomic E-state index is 0.0998. The fraction of sp³-hybridized carbons (Fsp3) is 0.133. The first-order valence-electron chi connectivity index (χ1n) is 5.94. The summed E-state index contributed by atoms with van der Waals surface area (Å²) in [5.74, 6) is -0.918. The Labute approximate surface area is 118 Å². The molecule has 110 valence electrons. The molecule has 0 saturated heterocycles. The molecule has 0 aliphatic carbocycles. The Hall–Kier alpha value is -2.37. The number of halogens is 4. The van der Waals surface area contributed by atoms with Crippen LogP contribution in [0.25, 0.3) is 0 Å². The van der Waals surface area contributed by atoms with E-state index in [4.69, 9.17) is 4.74 Å². The third-order valence-corrected chi connectivity index (χ3v) is 2.80. The van der Waals surface area contributed by atoms with Crippen LogP contribution in [0.5, 0.6) is 5.75 Å². The zero-order valence-electron chi connectivity index (χ0n) is 10.7. The van der Waals surface area contributed by atoms with Crippen LogP contribution in [0.1, 0.15) is 21.5 Å². The zero-order chi connectivity index (χ0) is 15.5. The summed E-state index contributed by atoms with van der Waals surface area (Å²) in [6.07, 6.45) is -4.04. The Bertz CT molecular complexity index is 633. The van der Waals surface area contributed by atoms with Crippen LogP contribution in [0, 0.1) is 5.82 Å². The topological polar surface area (TPSA) is 26.3 Å². The van der Waals surface area contributed by atoms with Gasteiger partial charge in [0, 0.05) is 0 Å². The molecule has 0 fully saturated rings. The van der Waals surface area contributed by atoms with E-state index in [1.54, 1.807) is 0 Å². The average Bonchev–Trinajstić information content (AvgIpc) is 2.46. The number of hydrogen-bond acceptors (Lipinski definition) is 2. The SMILES string of the molecule is O=Cc1cccc(OCc2ccc(C(F)(F)F)cc2)c1F. The number of carbonyl (C=O) groups is 1. The molecule has 2 nitrogen and oxygen atoms in total. The lowest BCUT2D eigenvalue weighted by atomic mass is 10.1. The van der Waals surface area contributed by atoms with Gasteiger partial charge in [0.25, 0.3) is 0 Å². The smallest absolute Gasteiger partial charge is 0.416 e. The fourth-order valence-corrected chi connectivity index (χ4v) is 1.68. The lowest BCUT2D eigenvalue weighted by Crippen LogP contribution is -2.05. The summed E-state index contributed by atoms with van der Waals surface area (Å²) < 4.78 is 56.0. The molecule has 0 aromatic heterocycles. The fourth-order valence-electron chi connectivity index (χ4n) is 1.68. The molecule has 0 unspecified atom stereocenters. The maximum absolute atomic E-state index is 13.7. The van der Waals surface area contributed by atoms with Gasteiger partial charge in [0.2, 0.25) is 0 Å². The van der Waals surface area contributed by atoms with Crippen LogP contribution in [-0.4, -0.2) is 6.29 Å². The first kappa shape index (κ1) is 15.0. The monoisotopic (exact) mass is 298 g/mol. The molecule has 2 aromatic carbocycles. The summed E-state index contributed by atoms with van der Waals surface area (Å²) in [4.78, 5) is 10.6. The second kappa shape index (κ2) is 5.95. The van der Waals surface area contributed by atoms with Crippen molar-refractivity contribution in [3.05, 3.63) is 65.0 Å². The molecule has 0 atom stereocenters. The Morgan fingerprint density at radius 1 is 1.05 bits per heavy atom. The summed E-state index contributed by atoms with van der Waals surface area (Å²) in [6.45, 7) is -0.0998. The molecule has 0 saturated carbocycles. The largest absolute Gasteiger partial charge is 0.486 e. The van der Waals surface area contributed by atoms with Crippen LogP contribution in [0.15, 0.2) is 42.5 Å². The summed E-state index contributed by atoms with van der Waals surface area (Å²) in [5.41, 5.74) is -0.445. The standard InChI is InChI=1S/C15H10F4O2/c16-14-11(8-20)2-1-3-13(14)21-9-10-4-6-12(7-5-10)15(17,18)19/h1-8H,9H2. The second-order valence-corrected chi connectivity index (χ2v) is 4.26. The van der Waals surface area contributed by atoms with Crippen molar-refractivity contribution in [2.45, 2.75) is 12.8 Å². The van der Waals surface area contributed by atoms with E-state index >= 15 is 0 Å². The maximum atomic E-state index is 13.7. The van der Waals surface area contributed by atoms with Gasteiger partial charge in [-0.2, -0.15) is 13.2 Å². The highest BCUT2D eigenvalue weighted by atomic mass is 19.4. The molecule has 6 heteroatoms. The number of alkyl halides is 3. The van der Waals surface area contributed by atoms with Gasteiger partial charge in [-0.25, -0.2) is 4.39 Å². The van der Waals surface area contributed by atoms with Gasteiger partial charge in [-0.1, -0.05) is 18.2 Å². The van der Waals surface area contributed by atoms with Crippen molar-refractivity contribution < 1.29 is 27.1 Å². The molecule has 0 amide bonds. The molecule has 0 radical (unpaired) electrons. The van der Waals surface area contributed by atoms with Crippen LogP contribution in [-0.2, 0) is 12.8 Å². The molecule has 2 rings (SSSR count). The number of rotatable bonds is 4. The van der Waals surface area contributed by atoms with Gasteiger partial charge in [0.05, 0.1) is 11.1 Å². The molecule has 0 bridgehead atoms. The Kier molecular flexibility index (Phi) is 4.26. The van der Waals surface area contributed by atoms with E-state index in [-0.39, 0.29) is 17.9 Å². The van der Waals surface area contributed by atoms with Crippen LogP contribution in [0.4, 0.5) is 17.6 Å². The van der Waals surface area contributed by atoms with Crippen LogP contribution < -0.4 is 4.74 Å². The van der Waals surface area contributed by atoms with Gasteiger partial charge in [-0.05, 0) is 29.8 Å². The number of benzene rings is 2. The van der Waals surface area contributed by atoms with E-state index in [0.717, 1.165) is 12.1 Å². The van der Waals surface area contributed by atoms with E-state index in [2.05, 4.69) is 0 Å². The highest BCUT2D eigenvalue weighted by Gasteiger charge is 2.29. The Morgan fingerprint density at radius 3 is 2.29 bits per heavy atom. The minimum atomic E-state index is -4.40. The van der Waals surface area contributed by atoms with Crippen LogP contribution in [0.2, 0.25) is 0 Å². The summed E-state index contributed by atoms with van der Waals surface area (Å²) >= 11 is 0. The van der Waals surface area contributed by atoms with E-state index in [0.29, 0.717) is 11.8 Å². The van der Waals surface area contributed by atoms with Crippen molar-refractivity contribution in [1.82, 2.24) is 0 Å². The number of carbonyl (C=O) groups excluding carboxylic acids is 1. The van der Waals surface area contributed by atoms with E-state index in [1.165, 1.54) is 30.3 Å². The molecule has 0 heterocycles. The molecule has 0 aliphatic heterocycles. The van der Waals surface area contributed by atoms with Crippen LogP contribution in [0.3, 0.4) is 0 Å². The van der Waals surface area contributed by atoms with E-state index in [9.17, 15) is 22.4 Å². The number of hydrogen-bond donors (Lipinski definition) is 0. The van der Waals surface area contributed by atoms with Gasteiger partial charge in [0.15, 0.2) is 17.9 Å². The van der Waals surface area contributed by atoms with Gasteiger partial charge in [-0.3, -0.25) is 4.79 Å². The maximum Gasteiger partial charge on any atom is 0.416 e. The molecule has 0 N–H and O–H groups in total. The van der Waals surface area contributed by atoms with Crippen molar-refractivity contribution in [2.75, 3.05) is 0 Å².